The van der Waals surface area contributed by atoms with Crippen LogP contribution in [0.5, 0.6) is 0 Å². The predicted octanol–water partition coefficient (Wildman–Crippen LogP) is 2.37. The van der Waals surface area contributed by atoms with Crippen LogP contribution in [-0.4, -0.2) is 47.7 Å². The highest BCUT2D eigenvalue weighted by atomic mass is 35.5. The summed E-state index contributed by atoms with van der Waals surface area (Å²) >= 11 is 1.64. The molecule has 0 aromatic carbocycles. The summed E-state index contributed by atoms with van der Waals surface area (Å²) in [6.07, 6.45) is 4.06. The van der Waals surface area contributed by atoms with Crippen LogP contribution in [0.15, 0.2) is 24.4 Å². The fourth-order valence-corrected chi connectivity index (χ4v) is 3.10. The minimum Gasteiger partial charge on any atom is -0.340 e. The van der Waals surface area contributed by atoms with Crippen LogP contribution in [0.2, 0.25) is 0 Å². The van der Waals surface area contributed by atoms with Crippen LogP contribution in [0.3, 0.4) is 0 Å². The fourth-order valence-electron chi connectivity index (χ4n) is 2.26. The van der Waals surface area contributed by atoms with E-state index in [1.54, 1.807) is 18.0 Å². The van der Waals surface area contributed by atoms with Gasteiger partial charge in [0.15, 0.2) is 0 Å². The zero-order valence-electron chi connectivity index (χ0n) is 12.2. The smallest absolute Gasteiger partial charge is 0.232 e. The predicted molar refractivity (Wildman–Crippen MR) is 93.6 cm³/mol. The third-order valence-corrected chi connectivity index (χ3v) is 4.33. The lowest BCUT2D eigenvalue weighted by atomic mass is 10.1. The van der Waals surface area contributed by atoms with Gasteiger partial charge in [0.25, 0.3) is 0 Å². The van der Waals surface area contributed by atoms with Gasteiger partial charge in [-0.15, -0.1) is 36.6 Å². The highest BCUT2D eigenvalue weighted by Crippen LogP contribution is 2.14. The van der Waals surface area contributed by atoms with E-state index in [1.807, 2.05) is 30.1 Å². The molecule has 1 atom stereocenters. The van der Waals surface area contributed by atoms with E-state index in [0.29, 0.717) is 11.8 Å². The maximum absolute atomic E-state index is 12.1. The van der Waals surface area contributed by atoms with Crippen LogP contribution >= 0.6 is 36.6 Å². The Balaban J connectivity index is 0.00000200. The molecule has 2 rings (SSSR count). The van der Waals surface area contributed by atoms with E-state index < -0.39 is 0 Å². The van der Waals surface area contributed by atoms with Crippen molar-refractivity contribution in [3.8, 4) is 0 Å². The van der Waals surface area contributed by atoms with E-state index in [0.717, 1.165) is 31.0 Å². The largest absolute Gasteiger partial charge is 0.340 e. The van der Waals surface area contributed by atoms with Crippen molar-refractivity contribution in [3.63, 3.8) is 0 Å². The van der Waals surface area contributed by atoms with Crippen LogP contribution < -0.4 is 5.32 Å². The first kappa shape index (κ1) is 20.5. The first-order valence-electron chi connectivity index (χ1n) is 6.72. The first-order chi connectivity index (χ1) is 9.29. The monoisotopic (exact) mass is 351 g/mol. The van der Waals surface area contributed by atoms with Gasteiger partial charge in [-0.05, 0) is 32.0 Å². The molecule has 21 heavy (non-hydrogen) atoms. The van der Waals surface area contributed by atoms with Gasteiger partial charge in [-0.2, -0.15) is 0 Å². The van der Waals surface area contributed by atoms with Gasteiger partial charge in [-0.25, -0.2) is 0 Å². The highest BCUT2D eigenvalue weighted by Gasteiger charge is 2.22. The average Bonchev–Trinajstić information content (AvgIpc) is 2.48. The van der Waals surface area contributed by atoms with E-state index >= 15 is 0 Å². The zero-order chi connectivity index (χ0) is 13.5. The molecule has 0 spiro atoms. The van der Waals surface area contributed by atoms with E-state index in [-0.39, 0.29) is 30.7 Å². The Morgan fingerprint density at radius 2 is 2.29 bits per heavy atom. The van der Waals surface area contributed by atoms with Gasteiger partial charge in [-0.3, -0.25) is 9.78 Å². The number of carbonyl (C=O) groups excluding carboxylic acids is 1. The molecule has 1 amide bonds. The van der Waals surface area contributed by atoms with Crippen LogP contribution in [0.1, 0.15) is 18.5 Å². The van der Waals surface area contributed by atoms with Gasteiger partial charge >= 0.3 is 0 Å². The number of pyridine rings is 1. The molecule has 120 valence electrons. The van der Waals surface area contributed by atoms with Gasteiger partial charge in [0.05, 0.1) is 11.4 Å². The third kappa shape index (κ3) is 6.87. The van der Waals surface area contributed by atoms with Crippen molar-refractivity contribution >= 4 is 42.5 Å². The summed E-state index contributed by atoms with van der Waals surface area (Å²) in [6, 6.07) is 6.34. The molecule has 1 fully saturated rings. The summed E-state index contributed by atoms with van der Waals surface area (Å²) in [6.45, 7) is 1.75. The molecule has 1 aliphatic heterocycles. The molecule has 1 saturated heterocycles. The van der Waals surface area contributed by atoms with Crippen molar-refractivity contribution in [3.05, 3.63) is 30.1 Å². The second kappa shape index (κ2) is 11.1. The molecule has 0 bridgehead atoms. The molecule has 0 saturated carbocycles. The minimum atomic E-state index is 0. The molecule has 1 N–H and O–H groups in total. The summed E-state index contributed by atoms with van der Waals surface area (Å²) in [5.41, 5.74) is 1.03. The molecular weight excluding hydrogens is 329 g/mol. The van der Waals surface area contributed by atoms with Crippen LogP contribution in [-0.2, 0) is 10.5 Å². The number of thioether (sulfide) groups is 1. The summed E-state index contributed by atoms with van der Waals surface area (Å²) in [5.74, 6) is 1.60. The molecule has 0 radical (unpaired) electrons. The normalized spacial score (nSPS) is 17.6. The summed E-state index contributed by atoms with van der Waals surface area (Å²) in [5, 5.41) is 3.26. The molecule has 1 aliphatic rings. The molecule has 4 nitrogen and oxygen atoms in total. The van der Waals surface area contributed by atoms with Crippen molar-refractivity contribution in [1.29, 1.82) is 0 Å². The number of nitrogens with zero attached hydrogens (tertiary/aromatic N) is 2. The van der Waals surface area contributed by atoms with E-state index in [2.05, 4.69) is 10.3 Å². The molecule has 0 aliphatic carbocycles. The molecule has 1 aromatic heterocycles. The van der Waals surface area contributed by atoms with Crippen molar-refractivity contribution in [1.82, 2.24) is 15.2 Å². The van der Waals surface area contributed by atoms with Crippen LogP contribution in [0.4, 0.5) is 0 Å². The number of aromatic nitrogens is 1. The van der Waals surface area contributed by atoms with Gasteiger partial charge in [-0.1, -0.05) is 6.07 Å². The first-order valence-corrected chi connectivity index (χ1v) is 7.87. The number of likely N-dealkylation sites (tertiary alicyclic amines) is 1. The second-order valence-corrected chi connectivity index (χ2v) is 5.77. The van der Waals surface area contributed by atoms with Crippen molar-refractivity contribution in [2.75, 3.05) is 25.9 Å². The number of amides is 1. The summed E-state index contributed by atoms with van der Waals surface area (Å²) < 4.78 is 0. The lowest BCUT2D eigenvalue weighted by Gasteiger charge is -2.32. The Labute approximate surface area is 143 Å². The molecule has 7 heteroatoms. The number of halogens is 2. The Bertz CT molecular complexity index is 408. The molecule has 1 aromatic rings. The Morgan fingerprint density at radius 3 is 2.95 bits per heavy atom. The highest BCUT2D eigenvalue weighted by molar-refractivity contribution is 7.99. The van der Waals surface area contributed by atoms with E-state index in [9.17, 15) is 4.79 Å². The Kier molecular flexibility index (Phi) is 10.9. The van der Waals surface area contributed by atoms with Gasteiger partial charge < -0.3 is 10.2 Å². The van der Waals surface area contributed by atoms with Crippen molar-refractivity contribution in [2.45, 2.75) is 24.6 Å². The van der Waals surface area contributed by atoms with Crippen molar-refractivity contribution < 1.29 is 4.79 Å². The maximum Gasteiger partial charge on any atom is 0.232 e. The van der Waals surface area contributed by atoms with Gasteiger partial charge in [0.2, 0.25) is 5.91 Å². The number of likely N-dealkylation sites (N-methyl/N-ethyl adjacent to an activating group) is 1. The Morgan fingerprint density at radius 1 is 1.48 bits per heavy atom. The fraction of sp³-hybridized carbons (Fsp3) is 0.571. The number of nitrogens with one attached hydrogen (secondary N) is 1. The quantitative estimate of drug-likeness (QED) is 0.884. The summed E-state index contributed by atoms with van der Waals surface area (Å²) in [7, 11) is 1.97. The van der Waals surface area contributed by atoms with Crippen LogP contribution in [0.25, 0.3) is 0 Å². The summed E-state index contributed by atoms with van der Waals surface area (Å²) in [4.78, 5) is 18.3. The number of rotatable bonds is 5. The molecular formula is C14H23Cl2N3OS. The Hall–Kier alpha value is -0.490. The lowest BCUT2D eigenvalue weighted by Crippen LogP contribution is -2.47. The number of carbonyl (C=O) groups is 1. The average molecular weight is 352 g/mol. The lowest BCUT2D eigenvalue weighted by molar-refractivity contribution is -0.129. The third-order valence-electron chi connectivity index (χ3n) is 3.38. The number of hydrogen-bond acceptors (Lipinski definition) is 4. The number of piperidine rings is 1. The maximum atomic E-state index is 12.1. The van der Waals surface area contributed by atoms with E-state index in [4.69, 9.17) is 0 Å². The molecule has 2 heterocycles. The minimum absolute atomic E-state index is 0. The SMILES string of the molecule is CNC1CCCN(C(=O)CSCc2ccccn2)C1.Cl.Cl. The van der Waals surface area contributed by atoms with Crippen LogP contribution in [0, 0.1) is 0 Å². The van der Waals surface area contributed by atoms with Crippen molar-refractivity contribution in [2.24, 2.45) is 0 Å². The molecule has 1 unspecified atom stereocenters. The van der Waals surface area contributed by atoms with E-state index in [1.165, 1.54) is 6.42 Å². The van der Waals surface area contributed by atoms with Gasteiger partial charge in [0, 0.05) is 31.1 Å². The standard InChI is InChI=1S/C14H21N3OS.2ClH/c1-15-12-6-4-8-17(9-12)14(18)11-19-10-13-5-2-3-7-16-13;;/h2-3,5,7,12,15H,4,6,8-11H2,1H3;2*1H. The zero-order valence-corrected chi connectivity index (χ0v) is 14.6. The van der Waals surface area contributed by atoms with Gasteiger partial charge in [0.1, 0.15) is 0 Å². The topological polar surface area (TPSA) is 45.2 Å². The number of hydrogen-bond donors (Lipinski definition) is 1. The second-order valence-electron chi connectivity index (χ2n) is 4.78.